The largest absolute Gasteiger partial charge is 0.380 e. The summed E-state index contributed by atoms with van der Waals surface area (Å²) >= 11 is 0. The van der Waals surface area contributed by atoms with Gasteiger partial charge in [0.15, 0.2) is 0 Å². The highest BCUT2D eigenvalue weighted by Crippen LogP contribution is 2.22. The van der Waals surface area contributed by atoms with Crippen LogP contribution in [0.2, 0.25) is 0 Å². The average molecular weight is 200 g/mol. The summed E-state index contributed by atoms with van der Waals surface area (Å²) in [5.74, 6) is 0.591. The van der Waals surface area contributed by atoms with Gasteiger partial charge < -0.3 is 10.5 Å². The molecule has 1 saturated heterocycles. The van der Waals surface area contributed by atoms with Gasteiger partial charge in [-0.1, -0.05) is 6.92 Å². The van der Waals surface area contributed by atoms with Gasteiger partial charge in [0.05, 0.1) is 6.10 Å². The van der Waals surface area contributed by atoms with E-state index in [-0.39, 0.29) is 0 Å². The van der Waals surface area contributed by atoms with E-state index in [2.05, 4.69) is 25.7 Å². The van der Waals surface area contributed by atoms with Crippen molar-refractivity contribution >= 4 is 0 Å². The molecule has 0 saturated carbocycles. The van der Waals surface area contributed by atoms with Gasteiger partial charge in [-0.25, -0.2) is 0 Å². The zero-order valence-corrected chi connectivity index (χ0v) is 9.86. The Labute approximate surface area is 87.6 Å². The Hall–Kier alpha value is -0.120. The SMILES string of the molecule is COC(C)CN1CCC(N)C(C)C1C. The van der Waals surface area contributed by atoms with Gasteiger partial charge in [0.2, 0.25) is 0 Å². The van der Waals surface area contributed by atoms with Crippen molar-refractivity contribution in [3.05, 3.63) is 0 Å². The predicted octanol–water partition coefficient (Wildman–Crippen LogP) is 1.08. The van der Waals surface area contributed by atoms with Crippen molar-refractivity contribution in [2.45, 2.75) is 45.4 Å². The molecule has 0 spiro atoms. The topological polar surface area (TPSA) is 38.5 Å². The van der Waals surface area contributed by atoms with E-state index < -0.39 is 0 Å². The highest BCUT2D eigenvalue weighted by atomic mass is 16.5. The van der Waals surface area contributed by atoms with Crippen molar-refractivity contribution in [2.75, 3.05) is 20.2 Å². The minimum atomic E-state index is 0.318. The summed E-state index contributed by atoms with van der Waals surface area (Å²) in [5.41, 5.74) is 6.04. The van der Waals surface area contributed by atoms with Gasteiger partial charge in [0, 0.05) is 32.3 Å². The van der Waals surface area contributed by atoms with Gasteiger partial charge in [-0.3, -0.25) is 4.90 Å². The van der Waals surface area contributed by atoms with Crippen molar-refractivity contribution in [2.24, 2.45) is 11.7 Å². The maximum absolute atomic E-state index is 6.04. The summed E-state index contributed by atoms with van der Waals surface area (Å²) in [7, 11) is 1.77. The van der Waals surface area contributed by atoms with E-state index in [4.69, 9.17) is 10.5 Å². The lowest BCUT2D eigenvalue weighted by Crippen LogP contribution is -2.53. The molecule has 1 aliphatic heterocycles. The summed E-state index contributed by atoms with van der Waals surface area (Å²) < 4.78 is 5.29. The molecule has 0 radical (unpaired) electrons. The molecule has 0 amide bonds. The van der Waals surface area contributed by atoms with Crippen LogP contribution in [-0.4, -0.2) is 43.3 Å². The number of likely N-dealkylation sites (tertiary alicyclic amines) is 1. The van der Waals surface area contributed by atoms with E-state index in [1.54, 1.807) is 7.11 Å². The molecule has 4 unspecified atom stereocenters. The van der Waals surface area contributed by atoms with E-state index in [0.717, 1.165) is 19.5 Å². The quantitative estimate of drug-likeness (QED) is 0.741. The number of hydrogen-bond acceptors (Lipinski definition) is 3. The molecule has 14 heavy (non-hydrogen) atoms. The van der Waals surface area contributed by atoms with Crippen LogP contribution in [-0.2, 0) is 4.74 Å². The summed E-state index contributed by atoms with van der Waals surface area (Å²) in [6.45, 7) is 8.77. The van der Waals surface area contributed by atoms with Gasteiger partial charge in [0.1, 0.15) is 0 Å². The second kappa shape index (κ2) is 5.10. The summed E-state index contributed by atoms with van der Waals surface area (Å²) in [4.78, 5) is 2.49. The standard InChI is InChI=1S/C11H24N2O/c1-8(14-4)7-13-6-5-11(12)9(2)10(13)3/h8-11H,5-7,12H2,1-4H3. The second-order valence-corrected chi connectivity index (χ2v) is 4.59. The lowest BCUT2D eigenvalue weighted by Gasteiger charge is -2.42. The molecule has 1 fully saturated rings. The fourth-order valence-electron chi connectivity index (χ4n) is 2.13. The van der Waals surface area contributed by atoms with Crippen molar-refractivity contribution in [1.29, 1.82) is 0 Å². The van der Waals surface area contributed by atoms with Crippen LogP contribution in [0.1, 0.15) is 27.2 Å². The van der Waals surface area contributed by atoms with E-state index in [9.17, 15) is 0 Å². The number of nitrogens with zero attached hydrogens (tertiary/aromatic N) is 1. The zero-order valence-electron chi connectivity index (χ0n) is 9.86. The molecular weight excluding hydrogens is 176 g/mol. The first-order chi connectivity index (χ1) is 6.56. The third-order valence-electron chi connectivity index (χ3n) is 3.66. The predicted molar refractivity (Wildman–Crippen MR) is 59.3 cm³/mol. The highest BCUT2D eigenvalue weighted by molar-refractivity contribution is 4.87. The van der Waals surface area contributed by atoms with E-state index in [1.165, 1.54) is 0 Å². The Morgan fingerprint density at radius 2 is 2.14 bits per heavy atom. The second-order valence-electron chi connectivity index (χ2n) is 4.59. The van der Waals surface area contributed by atoms with Crippen LogP contribution in [0.4, 0.5) is 0 Å². The first-order valence-corrected chi connectivity index (χ1v) is 5.58. The van der Waals surface area contributed by atoms with Crippen LogP contribution in [0.25, 0.3) is 0 Å². The van der Waals surface area contributed by atoms with Crippen LogP contribution < -0.4 is 5.73 Å². The molecular formula is C11H24N2O. The molecule has 1 aliphatic rings. The van der Waals surface area contributed by atoms with E-state index in [0.29, 0.717) is 24.1 Å². The fraction of sp³-hybridized carbons (Fsp3) is 1.00. The molecule has 84 valence electrons. The molecule has 0 aromatic carbocycles. The highest BCUT2D eigenvalue weighted by Gasteiger charge is 2.30. The molecule has 4 atom stereocenters. The van der Waals surface area contributed by atoms with Crippen molar-refractivity contribution in [3.63, 3.8) is 0 Å². The molecule has 2 N–H and O–H groups in total. The molecule has 0 aromatic rings. The minimum absolute atomic E-state index is 0.318. The Balaban J connectivity index is 2.46. The fourth-order valence-corrected chi connectivity index (χ4v) is 2.13. The molecule has 3 heteroatoms. The zero-order chi connectivity index (χ0) is 10.7. The first-order valence-electron chi connectivity index (χ1n) is 5.58. The molecule has 0 aliphatic carbocycles. The third-order valence-corrected chi connectivity index (χ3v) is 3.66. The van der Waals surface area contributed by atoms with Crippen LogP contribution >= 0.6 is 0 Å². The maximum atomic E-state index is 6.04. The molecule has 1 rings (SSSR count). The number of ether oxygens (including phenoxy) is 1. The van der Waals surface area contributed by atoms with Crippen LogP contribution in [0.15, 0.2) is 0 Å². The van der Waals surface area contributed by atoms with Crippen molar-refractivity contribution in [3.8, 4) is 0 Å². The van der Waals surface area contributed by atoms with Gasteiger partial charge in [0.25, 0.3) is 0 Å². The number of hydrogen-bond donors (Lipinski definition) is 1. The molecule has 0 aromatic heterocycles. The molecule has 0 bridgehead atoms. The first kappa shape index (κ1) is 12.0. The summed E-state index contributed by atoms with van der Waals surface area (Å²) in [6, 6.07) is 0.954. The summed E-state index contributed by atoms with van der Waals surface area (Å²) in [5, 5.41) is 0. The van der Waals surface area contributed by atoms with Gasteiger partial charge in [-0.05, 0) is 26.2 Å². The molecule has 1 heterocycles. The van der Waals surface area contributed by atoms with Crippen LogP contribution in [0, 0.1) is 5.92 Å². The number of nitrogens with two attached hydrogens (primary N) is 1. The Morgan fingerprint density at radius 1 is 1.50 bits per heavy atom. The number of rotatable bonds is 3. The minimum Gasteiger partial charge on any atom is -0.380 e. The lowest BCUT2D eigenvalue weighted by molar-refractivity contribution is 0.0290. The Kier molecular flexibility index (Phi) is 4.35. The third kappa shape index (κ3) is 2.69. The van der Waals surface area contributed by atoms with E-state index >= 15 is 0 Å². The number of piperidine rings is 1. The van der Waals surface area contributed by atoms with Crippen molar-refractivity contribution < 1.29 is 4.74 Å². The Bertz CT molecular complexity index is 175. The smallest absolute Gasteiger partial charge is 0.0670 e. The normalized spacial score (nSPS) is 37.1. The monoisotopic (exact) mass is 200 g/mol. The van der Waals surface area contributed by atoms with E-state index in [1.807, 2.05) is 0 Å². The Morgan fingerprint density at radius 3 is 2.71 bits per heavy atom. The average Bonchev–Trinajstić information content (AvgIpc) is 2.19. The summed E-state index contributed by atoms with van der Waals surface area (Å²) in [6.07, 6.45) is 1.43. The lowest BCUT2D eigenvalue weighted by atomic mass is 9.87. The van der Waals surface area contributed by atoms with Crippen LogP contribution in [0.3, 0.4) is 0 Å². The molecule has 3 nitrogen and oxygen atoms in total. The van der Waals surface area contributed by atoms with Gasteiger partial charge in [-0.15, -0.1) is 0 Å². The maximum Gasteiger partial charge on any atom is 0.0670 e. The van der Waals surface area contributed by atoms with Gasteiger partial charge in [-0.2, -0.15) is 0 Å². The number of methoxy groups -OCH3 is 1. The van der Waals surface area contributed by atoms with Crippen LogP contribution in [0.5, 0.6) is 0 Å². The van der Waals surface area contributed by atoms with Crippen molar-refractivity contribution in [1.82, 2.24) is 4.90 Å². The van der Waals surface area contributed by atoms with Gasteiger partial charge >= 0.3 is 0 Å².